The van der Waals surface area contributed by atoms with Gasteiger partial charge in [-0.15, -0.1) is 0 Å². The highest BCUT2D eigenvalue weighted by atomic mass is 16.7. The van der Waals surface area contributed by atoms with Gasteiger partial charge in [-0.05, 0) is 54.8 Å². The fourth-order valence-electron chi connectivity index (χ4n) is 4.88. The number of hydrogen-bond acceptors (Lipinski definition) is 5. The van der Waals surface area contributed by atoms with Crippen LogP contribution in [0, 0.1) is 13.8 Å². The molecule has 37 heavy (non-hydrogen) atoms. The van der Waals surface area contributed by atoms with Crippen molar-refractivity contribution in [3.63, 3.8) is 0 Å². The van der Waals surface area contributed by atoms with E-state index in [4.69, 9.17) is 14.6 Å². The summed E-state index contributed by atoms with van der Waals surface area (Å²) in [5.41, 5.74) is 6.20. The van der Waals surface area contributed by atoms with Crippen LogP contribution in [-0.2, 0) is 17.9 Å². The van der Waals surface area contributed by atoms with Crippen molar-refractivity contribution in [2.75, 3.05) is 6.79 Å². The third-order valence-corrected chi connectivity index (χ3v) is 6.85. The van der Waals surface area contributed by atoms with Gasteiger partial charge in [0.15, 0.2) is 11.5 Å². The van der Waals surface area contributed by atoms with E-state index in [9.17, 15) is 9.59 Å². The van der Waals surface area contributed by atoms with Gasteiger partial charge in [-0.25, -0.2) is 0 Å². The van der Waals surface area contributed by atoms with Crippen LogP contribution < -0.4 is 9.47 Å². The number of rotatable bonds is 5. The Balaban J connectivity index is 1.39. The van der Waals surface area contributed by atoms with Gasteiger partial charge in [0, 0.05) is 22.4 Å². The summed E-state index contributed by atoms with van der Waals surface area (Å²) in [4.78, 5) is 28.5. The van der Waals surface area contributed by atoms with Crippen molar-refractivity contribution >= 4 is 23.5 Å². The van der Waals surface area contributed by atoms with E-state index in [-0.39, 0.29) is 25.2 Å². The molecule has 0 aliphatic carbocycles. The maximum Gasteiger partial charge on any atom is 0.261 e. The van der Waals surface area contributed by atoms with E-state index in [1.165, 1.54) is 4.90 Å². The lowest BCUT2D eigenvalue weighted by Crippen LogP contribution is -2.41. The molecule has 0 atom stereocenters. The first-order valence-corrected chi connectivity index (χ1v) is 12.1. The minimum atomic E-state index is -0.337. The molecule has 7 nitrogen and oxygen atoms in total. The molecule has 0 saturated heterocycles. The number of aromatic nitrogens is 2. The van der Waals surface area contributed by atoms with Crippen molar-refractivity contribution in [1.82, 2.24) is 14.7 Å². The van der Waals surface area contributed by atoms with E-state index in [2.05, 4.69) is 12.1 Å². The van der Waals surface area contributed by atoms with Crippen molar-refractivity contribution in [1.29, 1.82) is 0 Å². The standard InChI is InChI=1S/C30H25N3O4/c1-19-25(20(2)33(31-19)17-21-8-4-3-5-9-21)15-26-23-10-6-7-11-24(23)29(34)32(30(26)35)16-22-12-13-27-28(14-22)37-18-36-27/h3-15H,16-18H2,1-2H3/b26-15+. The van der Waals surface area contributed by atoms with Gasteiger partial charge in [0.25, 0.3) is 11.8 Å². The van der Waals surface area contributed by atoms with Crippen molar-refractivity contribution in [2.45, 2.75) is 26.9 Å². The van der Waals surface area contributed by atoms with E-state index in [0.29, 0.717) is 34.7 Å². The molecule has 0 radical (unpaired) electrons. The normalized spacial score (nSPS) is 15.4. The third kappa shape index (κ3) is 4.08. The summed E-state index contributed by atoms with van der Waals surface area (Å²) in [5.74, 6) is 0.617. The van der Waals surface area contributed by atoms with Crippen molar-refractivity contribution in [3.8, 4) is 11.5 Å². The number of amides is 2. The lowest BCUT2D eigenvalue weighted by Gasteiger charge is -2.29. The number of fused-ring (bicyclic) bond motifs is 2. The summed E-state index contributed by atoms with van der Waals surface area (Å²) in [6.07, 6.45) is 1.87. The number of carbonyl (C=O) groups is 2. The lowest BCUT2D eigenvalue weighted by atomic mass is 9.91. The second-order valence-electron chi connectivity index (χ2n) is 9.22. The molecule has 184 valence electrons. The van der Waals surface area contributed by atoms with Gasteiger partial charge in [-0.2, -0.15) is 5.10 Å². The van der Waals surface area contributed by atoms with E-state index < -0.39 is 0 Å². The Morgan fingerprint density at radius 2 is 1.54 bits per heavy atom. The molecule has 2 aliphatic rings. The van der Waals surface area contributed by atoms with Crippen LogP contribution in [0.2, 0.25) is 0 Å². The molecule has 3 heterocycles. The van der Waals surface area contributed by atoms with Gasteiger partial charge in [0.2, 0.25) is 6.79 Å². The van der Waals surface area contributed by atoms with Gasteiger partial charge in [0.1, 0.15) is 0 Å². The Morgan fingerprint density at radius 1 is 0.811 bits per heavy atom. The van der Waals surface area contributed by atoms with E-state index in [1.54, 1.807) is 12.1 Å². The van der Waals surface area contributed by atoms with Crippen molar-refractivity contribution < 1.29 is 19.1 Å². The highest BCUT2D eigenvalue weighted by Gasteiger charge is 2.35. The summed E-state index contributed by atoms with van der Waals surface area (Å²) in [6.45, 7) is 4.87. The number of ether oxygens (including phenoxy) is 2. The molecule has 2 aliphatic heterocycles. The molecule has 7 heteroatoms. The van der Waals surface area contributed by atoms with Crippen LogP contribution in [0.25, 0.3) is 11.6 Å². The average molecular weight is 492 g/mol. The van der Waals surface area contributed by atoms with Gasteiger partial charge in [0.05, 0.1) is 18.8 Å². The Bertz CT molecular complexity index is 1570. The van der Waals surface area contributed by atoms with Crippen LogP contribution in [-0.4, -0.2) is 33.3 Å². The highest BCUT2D eigenvalue weighted by molar-refractivity contribution is 6.33. The smallest absolute Gasteiger partial charge is 0.261 e. The molecule has 0 saturated carbocycles. The third-order valence-electron chi connectivity index (χ3n) is 6.85. The number of imide groups is 1. The molecule has 4 aromatic rings. The molecule has 0 N–H and O–H groups in total. The largest absolute Gasteiger partial charge is 0.454 e. The van der Waals surface area contributed by atoms with Gasteiger partial charge in [-0.1, -0.05) is 54.6 Å². The number of hydrogen-bond donors (Lipinski definition) is 0. The zero-order valence-corrected chi connectivity index (χ0v) is 20.6. The fraction of sp³-hybridized carbons (Fsp3) is 0.167. The summed E-state index contributed by atoms with van der Waals surface area (Å²) < 4.78 is 12.8. The molecule has 1 aromatic heterocycles. The maximum absolute atomic E-state index is 13.8. The molecule has 0 unspecified atom stereocenters. The Kier molecular flexibility index (Phi) is 5.60. The van der Waals surface area contributed by atoms with Gasteiger partial charge >= 0.3 is 0 Å². The topological polar surface area (TPSA) is 73.7 Å². The molecule has 0 fully saturated rings. The molecular weight excluding hydrogens is 466 g/mol. The molecular formula is C30H25N3O4. The first kappa shape index (κ1) is 22.8. The van der Waals surface area contributed by atoms with Crippen LogP contribution in [0.3, 0.4) is 0 Å². The number of carbonyl (C=O) groups excluding carboxylic acids is 2. The quantitative estimate of drug-likeness (QED) is 0.290. The van der Waals surface area contributed by atoms with Crippen LogP contribution in [0.1, 0.15) is 44.0 Å². The summed E-state index contributed by atoms with van der Waals surface area (Å²) >= 11 is 0. The molecule has 2 amide bonds. The van der Waals surface area contributed by atoms with Crippen molar-refractivity contribution in [2.24, 2.45) is 0 Å². The second kappa shape index (κ2) is 9.09. The van der Waals surface area contributed by atoms with Crippen LogP contribution >= 0.6 is 0 Å². The fourth-order valence-corrected chi connectivity index (χ4v) is 4.88. The minimum Gasteiger partial charge on any atom is -0.454 e. The number of benzene rings is 3. The lowest BCUT2D eigenvalue weighted by molar-refractivity contribution is -0.123. The van der Waals surface area contributed by atoms with Gasteiger partial charge in [-0.3, -0.25) is 19.2 Å². The summed E-state index contributed by atoms with van der Waals surface area (Å²) in [7, 11) is 0. The Morgan fingerprint density at radius 3 is 2.35 bits per heavy atom. The summed E-state index contributed by atoms with van der Waals surface area (Å²) in [6, 6.07) is 22.9. The predicted octanol–water partition coefficient (Wildman–Crippen LogP) is 5.00. The Hall–Kier alpha value is -4.65. The highest BCUT2D eigenvalue weighted by Crippen LogP contribution is 2.35. The first-order valence-electron chi connectivity index (χ1n) is 12.1. The average Bonchev–Trinajstić information content (AvgIpc) is 3.48. The van der Waals surface area contributed by atoms with E-state index in [0.717, 1.165) is 28.1 Å². The summed E-state index contributed by atoms with van der Waals surface area (Å²) in [5, 5.41) is 4.74. The first-order chi connectivity index (χ1) is 18.0. The van der Waals surface area contributed by atoms with Gasteiger partial charge < -0.3 is 9.47 Å². The second-order valence-corrected chi connectivity index (χ2v) is 9.22. The SMILES string of the molecule is Cc1nn(Cc2ccccc2)c(C)c1/C=C1/C(=O)N(Cc2ccc3c(c2)OCO3)C(=O)c2ccccc21. The van der Waals surface area contributed by atoms with E-state index >= 15 is 0 Å². The zero-order chi connectivity index (χ0) is 25.5. The monoisotopic (exact) mass is 491 g/mol. The maximum atomic E-state index is 13.8. The molecule has 3 aromatic carbocycles. The number of aryl methyl sites for hydroxylation is 1. The molecule has 6 rings (SSSR count). The predicted molar refractivity (Wildman–Crippen MR) is 139 cm³/mol. The van der Waals surface area contributed by atoms with E-state index in [1.807, 2.05) is 73.1 Å². The van der Waals surface area contributed by atoms with Crippen LogP contribution in [0.15, 0.2) is 72.8 Å². The zero-order valence-electron chi connectivity index (χ0n) is 20.6. The number of nitrogens with zero attached hydrogens (tertiary/aromatic N) is 3. The van der Waals surface area contributed by atoms with Crippen molar-refractivity contribution in [3.05, 3.63) is 112 Å². The molecule has 0 spiro atoms. The minimum absolute atomic E-state index is 0.130. The van der Waals surface area contributed by atoms with Crippen LogP contribution in [0.4, 0.5) is 0 Å². The molecule has 0 bridgehead atoms. The Labute approximate surface area is 214 Å². The van der Waals surface area contributed by atoms with Crippen LogP contribution in [0.5, 0.6) is 11.5 Å².